The molecule has 1 atom stereocenters. The molecule has 0 radical (unpaired) electrons. The van der Waals surface area contributed by atoms with E-state index in [0.717, 1.165) is 48.8 Å². The lowest BCUT2D eigenvalue weighted by atomic mass is 10.0. The highest BCUT2D eigenvalue weighted by atomic mass is 16.1. The first-order chi connectivity index (χ1) is 10.8. The van der Waals surface area contributed by atoms with Gasteiger partial charge in [-0.1, -0.05) is 30.3 Å². The molecule has 3 rings (SSSR count). The van der Waals surface area contributed by atoms with Crippen LogP contribution in [0.25, 0.3) is 10.8 Å². The van der Waals surface area contributed by atoms with Crippen LogP contribution < -0.4 is 11.1 Å². The summed E-state index contributed by atoms with van der Waals surface area (Å²) in [6.45, 7) is 3.56. The van der Waals surface area contributed by atoms with Gasteiger partial charge in [0.15, 0.2) is 0 Å². The minimum absolute atomic E-state index is 0.0188. The number of benzene rings is 2. The Morgan fingerprint density at radius 2 is 2.05 bits per heavy atom. The molecule has 4 heteroatoms. The summed E-state index contributed by atoms with van der Waals surface area (Å²) >= 11 is 0. The van der Waals surface area contributed by atoms with Crippen LogP contribution in [0, 0.1) is 0 Å². The number of carbonyl (C=O) groups excluding carboxylic acids is 1. The molecule has 3 N–H and O–H groups in total. The molecule has 1 aliphatic rings. The van der Waals surface area contributed by atoms with Gasteiger partial charge in [-0.15, -0.1) is 0 Å². The maximum Gasteiger partial charge on any atom is 0.251 e. The number of carbonyl (C=O) groups is 1. The van der Waals surface area contributed by atoms with E-state index in [1.807, 2.05) is 36.4 Å². The van der Waals surface area contributed by atoms with Gasteiger partial charge in [-0.2, -0.15) is 0 Å². The molecule has 1 amide bonds. The molecule has 2 aromatic carbocycles. The summed E-state index contributed by atoms with van der Waals surface area (Å²) in [7, 11) is 0. The van der Waals surface area contributed by atoms with Crippen LogP contribution in [-0.4, -0.2) is 43.0 Å². The van der Waals surface area contributed by atoms with Crippen molar-refractivity contribution in [1.82, 2.24) is 10.2 Å². The highest BCUT2D eigenvalue weighted by molar-refractivity contribution is 5.98. The fraction of sp³-hybridized carbons (Fsp3) is 0.389. The van der Waals surface area contributed by atoms with Gasteiger partial charge in [0, 0.05) is 31.2 Å². The summed E-state index contributed by atoms with van der Waals surface area (Å²) in [6.07, 6.45) is 2.16. The average Bonchev–Trinajstić information content (AvgIpc) is 2.55. The zero-order valence-electron chi connectivity index (χ0n) is 12.8. The van der Waals surface area contributed by atoms with E-state index in [1.165, 1.54) is 0 Å². The summed E-state index contributed by atoms with van der Waals surface area (Å²) < 4.78 is 0. The van der Waals surface area contributed by atoms with Gasteiger partial charge >= 0.3 is 0 Å². The van der Waals surface area contributed by atoms with Gasteiger partial charge in [0.25, 0.3) is 5.91 Å². The van der Waals surface area contributed by atoms with Crippen molar-refractivity contribution in [2.75, 3.05) is 26.2 Å². The summed E-state index contributed by atoms with van der Waals surface area (Å²) in [4.78, 5) is 14.8. The van der Waals surface area contributed by atoms with Gasteiger partial charge in [0.1, 0.15) is 0 Å². The molecule has 1 aliphatic heterocycles. The predicted molar refractivity (Wildman–Crippen MR) is 89.9 cm³/mol. The molecule has 0 aromatic heterocycles. The number of hydrogen-bond acceptors (Lipinski definition) is 3. The zero-order valence-corrected chi connectivity index (χ0v) is 12.8. The average molecular weight is 297 g/mol. The second-order valence-corrected chi connectivity index (χ2v) is 5.96. The predicted octanol–water partition coefficient (Wildman–Crippen LogP) is 1.99. The number of piperidine rings is 1. The molecule has 2 aromatic rings. The van der Waals surface area contributed by atoms with Crippen molar-refractivity contribution in [2.45, 2.75) is 18.9 Å². The van der Waals surface area contributed by atoms with Crippen LogP contribution in [0.5, 0.6) is 0 Å². The monoisotopic (exact) mass is 297 g/mol. The lowest BCUT2D eigenvalue weighted by molar-refractivity contribution is 0.0905. The molecular formula is C18H23N3O. The largest absolute Gasteiger partial charge is 0.348 e. The quantitative estimate of drug-likeness (QED) is 0.907. The second-order valence-electron chi connectivity index (χ2n) is 5.96. The van der Waals surface area contributed by atoms with Crippen molar-refractivity contribution in [1.29, 1.82) is 0 Å². The standard InChI is InChI=1S/C18H23N3O/c19-9-11-21-10-3-6-17(13-21)20-18(22)16-8-7-14-4-1-2-5-15(14)12-16/h1-2,4-5,7-8,12,17H,3,6,9-11,13,19H2,(H,20,22). The highest BCUT2D eigenvalue weighted by Crippen LogP contribution is 2.16. The molecule has 0 spiro atoms. The number of nitrogens with zero attached hydrogens (tertiary/aromatic N) is 1. The fourth-order valence-corrected chi connectivity index (χ4v) is 3.16. The third kappa shape index (κ3) is 3.46. The first kappa shape index (κ1) is 15.0. The topological polar surface area (TPSA) is 58.4 Å². The number of rotatable bonds is 4. The van der Waals surface area contributed by atoms with Crippen molar-refractivity contribution in [2.24, 2.45) is 5.73 Å². The van der Waals surface area contributed by atoms with Crippen LogP contribution in [0.15, 0.2) is 42.5 Å². The van der Waals surface area contributed by atoms with Crippen molar-refractivity contribution >= 4 is 16.7 Å². The Morgan fingerprint density at radius 1 is 1.23 bits per heavy atom. The third-order valence-electron chi connectivity index (χ3n) is 4.30. The molecule has 0 saturated carbocycles. The van der Waals surface area contributed by atoms with E-state index in [1.54, 1.807) is 0 Å². The number of amides is 1. The maximum absolute atomic E-state index is 12.5. The number of fused-ring (bicyclic) bond motifs is 1. The fourth-order valence-electron chi connectivity index (χ4n) is 3.16. The zero-order chi connectivity index (χ0) is 15.4. The Hall–Kier alpha value is -1.91. The van der Waals surface area contributed by atoms with Crippen molar-refractivity contribution < 1.29 is 4.79 Å². The van der Waals surface area contributed by atoms with E-state index in [4.69, 9.17) is 5.73 Å². The Morgan fingerprint density at radius 3 is 2.86 bits per heavy atom. The van der Waals surface area contributed by atoms with Crippen LogP contribution in [0.3, 0.4) is 0 Å². The van der Waals surface area contributed by atoms with E-state index >= 15 is 0 Å². The van der Waals surface area contributed by atoms with Crippen molar-refractivity contribution in [3.63, 3.8) is 0 Å². The van der Waals surface area contributed by atoms with Crippen molar-refractivity contribution in [3.05, 3.63) is 48.0 Å². The van der Waals surface area contributed by atoms with Gasteiger partial charge < -0.3 is 16.0 Å². The normalized spacial score (nSPS) is 19.2. The second kappa shape index (κ2) is 6.90. The van der Waals surface area contributed by atoms with Crippen LogP contribution in [0.1, 0.15) is 23.2 Å². The van der Waals surface area contributed by atoms with Crippen LogP contribution >= 0.6 is 0 Å². The SMILES string of the molecule is NCCN1CCCC(NC(=O)c2ccc3ccccc3c2)C1. The number of nitrogens with one attached hydrogen (secondary N) is 1. The number of likely N-dealkylation sites (tertiary alicyclic amines) is 1. The summed E-state index contributed by atoms with van der Waals surface area (Å²) in [6, 6.07) is 14.2. The smallest absolute Gasteiger partial charge is 0.251 e. The van der Waals surface area contributed by atoms with E-state index in [-0.39, 0.29) is 11.9 Å². The van der Waals surface area contributed by atoms with Gasteiger partial charge in [0.05, 0.1) is 0 Å². The van der Waals surface area contributed by atoms with Gasteiger partial charge in [-0.3, -0.25) is 4.79 Å². The molecule has 1 unspecified atom stereocenters. The molecule has 1 fully saturated rings. The van der Waals surface area contributed by atoms with Gasteiger partial charge in [-0.05, 0) is 42.3 Å². The molecule has 1 heterocycles. The summed E-state index contributed by atoms with van der Waals surface area (Å²) in [5, 5.41) is 5.43. The molecule has 1 saturated heterocycles. The Kier molecular flexibility index (Phi) is 4.71. The lowest BCUT2D eigenvalue weighted by Gasteiger charge is -2.32. The first-order valence-corrected chi connectivity index (χ1v) is 7.98. The minimum Gasteiger partial charge on any atom is -0.348 e. The maximum atomic E-state index is 12.5. The Bertz CT molecular complexity index is 654. The molecule has 4 nitrogen and oxygen atoms in total. The molecular weight excluding hydrogens is 274 g/mol. The Labute approximate surface area is 131 Å². The van der Waals surface area contributed by atoms with E-state index in [2.05, 4.69) is 16.3 Å². The number of hydrogen-bond donors (Lipinski definition) is 2. The van der Waals surface area contributed by atoms with Gasteiger partial charge in [-0.25, -0.2) is 0 Å². The number of nitrogens with two attached hydrogens (primary N) is 1. The first-order valence-electron chi connectivity index (χ1n) is 7.98. The highest BCUT2D eigenvalue weighted by Gasteiger charge is 2.21. The van der Waals surface area contributed by atoms with E-state index < -0.39 is 0 Å². The van der Waals surface area contributed by atoms with Crippen molar-refractivity contribution in [3.8, 4) is 0 Å². The molecule has 22 heavy (non-hydrogen) atoms. The minimum atomic E-state index is 0.0188. The van der Waals surface area contributed by atoms with Crippen LogP contribution in [0.4, 0.5) is 0 Å². The lowest BCUT2D eigenvalue weighted by Crippen LogP contribution is -2.48. The van der Waals surface area contributed by atoms with Crippen LogP contribution in [0.2, 0.25) is 0 Å². The van der Waals surface area contributed by atoms with E-state index in [9.17, 15) is 4.79 Å². The van der Waals surface area contributed by atoms with Gasteiger partial charge in [0.2, 0.25) is 0 Å². The third-order valence-corrected chi connectivity index (χ3v) is 4.30. The molecule has 0 bridgehead atoms. The van der Waals surface area contributed by atoms with Crippen LogP contribution in [-0.2, 0) is 0 Å². The van der Waals surface area contributed by atoms with E-state index in [0.29, 0.717) is 6.54 Å². The summed E-state index contributed by atoms with van der Waals surface area (Å²) in [5.41, 5.74) is 6.35. The molecule has 116 valence electrons. The Balaban J connectivity index is 1.67. The summed E-state index contributed by atoms with van der Waals surface area (Å²) in [5.74, 6) is 0.0188. The molecule has 0 aliphatic carbocycles.